The Kier molecular flexibility index (Phi) is 6.05. The van der Waals surface area contributed by atoms with Crippen LogP contribution in [0.25, 0.3) is 22.6 Å². The molecular formula is C24H22N2O3S. The number of para-hydroxylation sites is 1. The van der Waals surface area contributed by atoms with E-state index in [0.29, 0.717) is 12.1 Å². The zero-order valence-corrected chi connectivity index (χ0v) is 17.3. The fourth-order valence-corrected chi connectivity index (χ4v) is 4.38. The van der Waals surface area contributed by atoms with Gasteiger partial charge in [0, 0.05) is 16.8 Å². The molecule has 6 heteroatoms. The van der Waals surface area contributed by atoms with Crippen molar-refractivity contribution < 1.29 is 14.3 Å². The molecule has 0 saturated heterocycles. The minimum Gasteiger partial charge on any atom is -0.452 e. The van der Waals surface area contributed by atoms with Gasteiger partial charge in [-0.1, -0.05) is 30.3 Å². The van der Waals surface area contributed by atoms with Crippen molar-refractivity contribution in [3.63, 3.8) is 0 Å². The highest BCUT2D eigenvalue weighted by molar-refractivity contribution is 7.10. The second kappa shape index (κ2) is 9.05. The van der Waals surface area contributed by atoms with Crippen LogP contribution in [0.5, 0.6) is 0 Å². The van der Waals surface area contributed by atoms with E-state index in [0.717, 1.165) is 51.9 Å². The minimum absolute atomic E-state index is 0.323. The Labute approximate surface area is 179 Å². The van der Waals surface area contributed by atoms with Crippen LogP contribution in [0.4, 0.5) is 0 Å². The van der Waals surface area contributed by atoms with Crippen molar-refractivity contribution in [1.82, 2.24) is 10.3 Å². The Morgan fingerprint density at radius 2 is 2.07 bits per heavy atom. The molecule has 2 aromatic heterocycles. The van der Waals surface area contributed by atoms with Crippen LogP contribution in [-0.2, 0) is 16.0 Å². The normalized spacial score (nSPS) is 14.3. The second-order valence-electron chi connectivity index (χ2n) is 7.04. The number of fused-ring (bicyclic) bond motifs is 2. The van der Waals surface area contributed by atoms with Crippen LogP contribution in [0, 0.1) is 0 Å². The highest BCUT2D eigenvalue weighted by Gasteiger charge is 2.26. The lowest BCUT2D eigenvalue weighted by molar-refractivity contribution is -0.124. The molecule has 1 aliphatic rings. The topological polar surface area (TPSA) is 68.3 Å². The van der Waals surface area contributed by atoms with Gasteiger partial charge in [-0.2, -0.15) is 0 Å². The molecule has 1 amide bonds. The van der Waals surface area contributed by atoms with Crippen molar-refractivity contribution in [3.8, 4) is 0 Å². The smallest absolute Gasteiger partial charge is 0.339 e. The molecule has 0 fully saturated rings. The molecule has 0 unspecified atom stereocenters. The maximum Gasteiger partial charge on any atom is 0.339 e. The zero-order valence-electron chi connectivity index (χ0n) is 16.5. The number of carbonyl (C=O) groups excluding carboxylic acids is 2. The number of ether oxygens (including phenoxy) is 1. The Morgan fingerprint density at radius 1 is 1.20 bits per heavy atom. The van der Waals surface area contributed by atoms with Gasteiger partial charge in [0.1, 0.15) is 0 Å². The summed E-state index contributed by atoms with van der Waals surface area (Å²) in [4.78, 5) is 31.0. The first-order valence-electron chi connectivity index (χ1n) is 9.88. The van der Waals surface area contributed by atoms with Crippen LogP contribution in [0.2, 0.25) is 0 Å². The van der Waals surface area contributed by atoms with Crippen LogP contribution in [0.1, 0.15) is 39.3 Å². The molecule has 4 rings (SSSR count). The summed E-state index contributed by atoms with van der Waals surface area (Å²) in [6, 6.07) is 11.7. The van der Waals surface area contributed by atoms with E-state index in [9.17, 15) is 9.59 Å². The second-order valence-corrected chi connectivity index (χ2v) is 8.02. The number of thiophene rings is 1. The van der Waals surface area contributed by atoms with Crippen molar-refractivity contribution in [1.29, 1.82) is 0 Å². The maximum absolute atomic E-state index is 13.1. The van der Waals surface area contributed by atoms with E-state index in [4.69, 9.17) is 9.72 Å². The number of nitrogens with zero attached hydrogens (tertiary/aromatic N) is 1. The van der Waals surface area contributed by atoms with Crippen molar-refractivity contribution in [3.05, 3.63) is 76.1 Å². The summed E-state index contributed by atoms with van der Waals surface area (Å²) in [5.41, 5.74) is 4.15. The third kappa shape index (κ3) is 4.19. The van der Waals surface area contributed by atoms with Crippen LogP contribution < -0.4 is 5.32 Å². The molecule has 1 N–H and O–H groups in total. The van der Waals surface area contributed by atoms with Gasteiger partial charge in [0.15, 0.2) is 6.61 Å². The monoisotopic (exact) mass is 418 g/mol. The van der Waals surface area contributed by atoms with Crippen molar-refractivity contribution >= 4 is 45.8 Å². The number of nitrogens with one attached hydrogen (secondary N) is 1. The van der Waals surface area contributed by atoms with Gasteiger partial charge in [0.2, 0.25) is 0 Å². The first-order valence-corrected chi connectivity index (χ1v) is 10.8. The molecule has 30 heavy (non-hydrogen) atoms. The number of allylic oxidation sites excluding steroid dienone is 1. The van der Waals surface area contributed by atoms with Crippen LogP contribution >= 0.6 is 11.3 Å². The molecule has 0 radical (unpaired) electrons. The number of carbonyl (C=O) groups is 2. The SMILES string of the molecule is C=CCNC(=O)COC(=O)c1c2c(nc3ccccc13)/C(=C/c1cccs1)CCC2. The molecule has 1 aromatic carbocycles. The Balaban J connectivity index is 1.74. The summed E-state index contributed by atoms with van der Waals surface area (Å²) in [6.45, 7) is 3.57. The average molecular weight is 419 g/mol. The number of benzene rings is 1. The highest BCUT2D eigenvalue weighted by Crippen LogP contribution is 2.36. The Bertz CT molecular complexity index is 1130. The van der Waals surface area contributed by atoms with Crippen LogP contribution in [0.3, 0.4) is 0 Å². The van der Waals surface area contributed by atoms with Crippen molar-refractivity contribution in [2.24, 2.45) is 0 Å². The third-order valence-electron chi connectivity index (χ3n) is 5.01. The number of pyridine rings is 1. The predicted molar refractivity (Wildman–Crippen MR) is 120 cm³/mol. The van der Waals surface area contributed by atoms with E-state index < -0.39 is 5.97 Å². The van der Waals surface area contributed by atoms with Crippen molar-refractivity contribution in [2.75, 3.05) is 13.2 Å². The molecule has 5 nitrogen and oxygen atoms in total. The van der Waals surface area contributed by atoms with Crippen LogP contribution in [-0.4, -0.2) is 30.0 Å². The molecule has 0 saturated carbocycles. The molecule has 0 aliphatic heterocycles. The number of amides is 1. The van der Waals surface area contributed by atoms with Gasteiger partial charge in [-0.3, -0.25) is 4.79 Å². The predicted octanol–water partition coefficient (Wildman–Crippen LogP) is 4.63. The number of hydrogen-bond donors (Lipinski definition) is 1. The number of aromatic nitrogens is 1. The molecule has 0 spiro atoms. The first-order chi connectivity index (χ1) is 14.7. The third-order valence-corrected chi connectivity index (χ3v) is 5.83. The van der Waals surface area contributed by atoms with E-state index >= 15 is 0 Å². The lowest BCUT2D eigenvalue weighted by Crippen LogP contribution is -2.29. The van der Waals surface area contributed by atoms with Gasteiger partial charge in [-0.25, -0.2) is 9.78 Å². The van der Waals surface area contributed by atoms with E-state index in [1.165, 1.54) is 0 Å². The Morgan fingerprint density at radius 3 is 2.87 bits per heavy atom. The minimum atomic E-state index is -0.490. The molecule has 1 aliphatic carbocycles. The quantitative estimate of drug-likeness (QED) is 0.468. The summed E-state index contributed by atoms with van der Waals surface area (Å²) in [5, 5.41) is 5.42. The Hall–Kier alpha value is -3.25. The lowest BCUT2D eigenvalue weighted by atomic mass is 9.86. The molecular weight excluding hydrogens is 396 g/mol. The summed E-state index contributed by atoms with van der Waals surface area (Å²) in [7, 11) is 0. The molecule has 2 heterocycles. The summed E-state index contributed by atoms with van der Waals surface area (Å²) >= 11 is 1.68. The maximum atomic E-state index is 13.1. The number of esters is 1. The molecule has 0 bridgehead atoms. The standard InChI is InChI=1S/C24H22N2O3S/c1-2-12-25-21(27)15-29-24(28)22-18-9-3-4-11-20(18)26-23-16(7-5-10-19(22)23)14-17-8-6-13-30-17/h2-4,6,8-9,11,13-14H,1,5,7,10,12,15H2,(H,25,27)/b16-14+. The van der Waals surface area contributed by atoms with E-state index in [1.54, 1.807) is 17.4 Å². The lowest BCUT2D eigenvalue weighted by Gasteiger charge is -2.22. The van der Waals surface area contributed by atoms with Crippen LogP contribution in [0.15, 0.2) is 54.4 Å². The number of rotatable bonds is 6. The summed E-state index contributed by atoms with van der Waals surface area (Å²) in [6.07, 6.45) is 6.33. The van der Waals surface area contributed by atoms with Gasteiger partial charge in [-0.15, -0.1) is 17.9 Å². The van der Waals surface area contributed by atoms with Gasteiger partial charge in [-0.05, 0) is 54.0 Å². The average Bonchev–Trinajstić information content (AvgIpc) is 3.28. The van der Waals surface area contributed by atoms with Crippen molar-refractivity contribution in [2.45, 2.75) is 19.3 Å². The molecule has 152 valence electrons. The largest absolute Gasteiger partial charge is 0.452 e. The van der Waals surface area contributed by atoms with Gasteiger partial charge < -0.3 is 10.1 Å². The fraction of sp³-hybridized carbons (Fsp3) is 0.208. The zero-order chi connectivity index (χ0) is 20.9. The van der Waals surface area contributed by atoms with E-state index in [-0.39, 0.29) is 12.5 Å². The molecule has 0 atom stereocenters. The summed E-state index contributed by atoms with van der Waals surface area (Å²) in [5.74, 6) is -0.843. The van der Waals surface area contributed by atoms with E-state index in [1.807, 2.05) is 35.7 Å². The van der Waals surface area contributed by atoms with Gasteiger partial charge >= 0.3 is 5.97 Å². The first kappa shape index (κ1) is 20.0. The number of hydrogen-bond acceptors (Lipinski definition) is 5. The molecule has 3 aromatic rings. The summed E-state index contributed by atoms with van der Waals surface area (Å²) < 4.78 is 5.37. The van der Waals surface area contributed by atoms with E-state index in [2.05, 4.69) is 24.0 Å². The fourth-order valence-electron chi connectivity index (χ4n) is 3.69. The van der Waals surface area contributed by atoms with Gasteiger partial charge in [0.05, 0.1) is 16.8 Å². The highest BCUT2D eigenvalue weighted by atomic mass is 32.1. The van der Waals surface area contributed by atoms with Gasteiger partial charge in [0.25, 0.3) is 5.91 Å².